The van der Waals surface area contributed by atoms with Crippen LogP contribution in [0.1, 0.15) is 5.56 Å². The lowest BCUT2D eigenvalue weighted by atomic mass is 10.2. The molecule has 1 rings (SSSR count). The number of benzene rings is 1. The molecule has 0 aliphatic carbocycles. The minimum absolute atomic E-state index is 0. The first-order valence-electron chi connectivity index (χ1n) is 3.08. The van der Waals surface area contributed by atoms with E-state index < -0.39 is 0 Å². The molecule has 0 aliphatic rings. The third kappa shape index (κ3) is 2.44. The maximum atomic E-state index is 3.66. The van der Waals surface area contributed by atoms with Crippen molar-refractivity contribution in [3.63, 3.8) is 0 Å². The summed E-state index contributed by atoms with van der Waals surface area (Å²) in [5.41, 5.74) is 1.33. The summed E-state index contributed by atoms with van der Waals surface area (Å²) in [5.74, 6) is 0. The van der Waals surface area contributed by atoms with Crippen LogP contribution < -0.4 is 0 Å². The monoisotopic (exact) mass is 138 g/mol. The van der Waals surface area contributed by atoms with E-state index in [1.807, 2.05) is 24.3 Å². The Morgan fingerprint density at radius 3 is 2.30 bits per heavy atom. The molecule has 0 N–H and O–H groups in total. The van der Waals surface area contributed by atoms with Crippen LogP contribution in [0, 0.1) is 0 Å². The average Bonchev–Trinajstić information content (AvgIpc) is 1.91. The van der Waals surface area contributed by atoms with Crippen LogP contribution >= 0.6 is 0 Å². The van der Waals surface area contributed by atoms with Gasteiger partial charge >= 0.3 is 0 Å². The summed E-state index contributed by atoms with van der Waals surface area (Å²) in [7, 11) is 0. The lowest BCUT2D eigenvalue weighted by Gasteiger charge is -1.91. The summed E-state index contributed by atoms with van der Waals surface area (Å²) in [6.45, 7) is 3.66. The SMILES string of the molecule is C=CCc1ccccc1.F. The van der Waals surface area contributed by atoms with Gasteiger partial charge < -0.3 is 0 Å². The van der Waals surface area contributed by atoms with Crippen molar-refractivity contribution < 1.29 is 4.70 Å². The highest BCUT2D eigenvalue weighted by atomic mass is 19.0. The summed E-state index contributed by atoms with van der Waals surface area (Å²) in [5, 5.41) is 0. The van der Waals surface area contributed by atoms with Crippen molar-refractivity contribution in [2.45, 2.75) is 6.42 Å². The van der Waals surface area contributed by atoms with Gasteiger partial charge in [-0.05, 0) is 12.0 Å². The number of allylic oxidation sites excluding steroid dienone is 1. The molecule has 0 aromatic heterocycles. The number of halogens is 1. The Morgan fingerprint density at radius 1 is 1.20 bits per heavy atom. The fourth-order valence-corrected chi connectivity index (χ4v) is 0.781. The Balaban J connectivity index is 0.000000810. The van der Waals surface area contributed by atoms with E-state index in [-0.39, 0.29) is 4.70 Å². The molecule has 0 aliphatic heterocycles. The molecular formula is C9H11F. The number of hydrogen-bond acceptors (Lipinski definition) is 0. The van der Waals surface area contributed by atoms with Crippen LogP contribution in [0.15, 0.2) is 43.0 Å². The zero-order valence-corrected chi connectivity index (χ0v) is 5.79. The molecule has 1 heteroatoms. The van der Waals surface area contributed by atoms with Crippen LogP contribution in [0.4, 0.5) is 4.70 Å². The predicted molar refractivity (Wildman–Crippen MR) is 42.8 cm³/mol. The minimum atomic E-state index is 0. The third-order valence-electron chi connectivity index (χ3n) is 1.22. The van der Waals surface area contributed by atoms with Crippen molar-refractivity contribution in [2.24, 2.45) is 0 Å². The Kier molecular flexibility index (Phi) is 4.21. The van der Waals surface area contributed by atoms with Crippen LogP contribution in [-0.2, 0) is 6.42 Å². The van der Waals surface area contributed by atoms with E-state index in [9.17, 15) is 0 Å². The van der Waals surface area contributed by atoms with E-state index in [1.165, 1.54) is 5.56 Å². The van der Waals surface area contributed by atoms with Crippen LogP contribution in [0.25, 0.3) is 0 Å². The molecule has 0 spiro atoms. The highest BCUT2D eigenvalue weighted by Crippen LogP contribution is 1.98. The molecule has 0 radical (unpaired) electrons. The zero-order valence-electron chi connectivity index (χ0n) is 5.79. The van der Waals surface area contributed by atoms with Gasteiger partial charge in [-0.25, -0.2) is 0 Å². The van der Waals surface area contributed by atoms with Crippen molar-refractivity contribution in [2.75, 3.05) is 0 Å². The van der Waals surface area contributed by atoms with Crippen LogP contribution in [0.2, 0.25) is 0 Å². The van der Waals surface area contributed by atoms with E-state index in [1.54, 1.807) is 0 Å². The van der Waals surface area contributed by atoms with E-state index in [2.05, 4.69) is 18.7 Å². The first-order chi connectivity index (χ1) is 4.43. The van der Waals surface area contributed by atoms with Crippen LogP contribution in [-0.4, -0.2) is 0 Å². The van der Waals surface area contributed by atoms with Gasteiger partial charge in [-0.15, -0.1) is 6.58 Å². The fourth-order valence-electron chi connectivity index (χ4n) is 0.781. The van der Waals surface area contributed by atoms with Gasteiger partial charge in [-0.1, -0.05) is 36.4 Å². The molecule has 54 valence electrons. The summed E-state index contributed by atoms with van der Waals surface area (Å²) in [6, 6.07) is 10.3. The zero-order chi connectivity index (χ0) is 6.53. The first kappa shape index (κ1) is 8.89. The Bertz CT molecular complexity index is 179. The molecule has 0 saturated carbocycles. The standard InChI is InChI=1S/C9H10.FH/c1-2-6-9-7-4-3-5-8-9;/h2-5,7-8H,1,6H2;1H. The molecule has 10 heavy (non-hydrogen) atoms. The van der Waals surface area contributed by atoms with Crippen LogP contribution in [0.5, 0.6) is 0 Å². The second-order valence-corrected chi connectivity index (χ2v) is 1.98. The van der Waals surface area contributed by atoms with E-state index in [4.69, 9.17) is 0 Å². The van der Waals surface area contributed by atoms with E-state index in [0.717, 1.165) is 6.42 Å². The molecule has 0 atom stereocenters. The molecule has 0 unspecified atom stereocenters. The van der Waals surface area contributed by atoms with Gasteiger partial charge in [0, 0.05) is 0 Å². The van der Waals surface area contributed by atoms with Crippen molar-refractivity contribution in [1.82, 2.24) is 0 Å². The molecule has 0 heterocycles. The van der Waals surface area contributed by atoms with Gasteiger partial charge in [0.2, 0.25) is 0 Å². The van der Waals surface area contributed by atoms with Gasteiger partial charge in [-0.3, -0.25) is 4.70 Å². The van der Waals surface area contributed by atoms with Gasteiger partial charge in [0.05, 0.1) is 0 Å². The Hall–Kier alpha value is -1.11. The summed E-state index contributed by atoms with van der Waals surface area (Å²) >= 11 is 0. The molecule has 0 saturated heterocycles. The maximum Gasteiger partial charge on any atom is -0.0100 e. The molecule has 0 nitrogen and oxygen atoms in total. The van der Waals surface area contributed by atoms with Gasteiger partial charge in [0.15, 0.2) is 0 Å². The molecule has 0 fully saturated rings. The Labute approximate surface area is 60.6 Å². The lowest BCUT2D eigenvalue weighted by Crippen LogP contribution is -1.75. The minimum Gasteiger partial charge on any atom is -0.269 e. The van der Waals surface area contributed by atoms with Crippen molar-refractivity contribution in [1.29, 1.82) is 0 Å². The van der Waals surface area contributed by atoms with Crippen molar-refractivity contribution in [3.05, 3.63) is 48.6 Å². The number of rotatable bonds is 2. The second-order valence-electron chi connectivity index (χ2n) is 1.98. The van der Waals surface area contributed by atoms with Crippen LogP contribution in [0.3, 0.4) is 0 Å². The number of hydrogen-bond donors (Lipinski definition) is 0. The highest BCUT2D eigenvalue weighted by Gasteiger charge is 1.82. The molecule has 1 aromatic rings. The fraction of sp³-hybridized carbons (Fsp3) is 0.111. The average molecular weight is 138 g/mol. The summed E-state index contributed by atoms with van der Waals surface area (Å²) in [6.07, 6.45) is 2.89. The second kappa shape index (κ2) is 4.74. The normalized spacial score (nSPS) is 8.00. The highest BCUT2D eigenvalue weighted by molar-refractivity contribution is 5.16. The summed E-state index contributed by atoms with van der Waals surface area (Å²) < 4.78 is 0. The predicted octanol–water partition coefficient (Wildman–Crippen LogP) is 2.57. The smallest absolute Gasteiger partial charge is 0.0100 e. The summed E-state index contributed by atoms with van der Waals surface area (Å²) in [4.78, 5) is 0. The molecule has 1 aromatic carbocycles. The van der Waals surface area contributed by atoms with Gasteiger partial charge in [0.1, 0.15) is 0 Å². The topological polar surface area (TPSA) is 0 Å². The first-order valence-corrected chi connectivity index (χ1v) is 3.08. The quantitative estimate of drug-likeness (QED) is 0.551. The van der Waals surface area contributed by atoms with Gasteiger partial charge in [0.25, 0.3) is 0 Å². The van der Waals surface area contributed by atoms with Crippen molar-refractivity contribution >= 4 is 0 Å². The molecule has 0 amide bonds. The third-order valence-corrected chi connectivity index (χ3v) is 1.22. The lowest BCUT2D eigenvalue weighted by molar-refractivity contribution is 1.11. The molecule has 0 bridgehead atoms. The van der Waals surface area contributed by atoms with E-state index >= 15 is 0 Å². The maximum absolute atomic E-state index is 3.66. The van der Waals surface area contributed by atoms with Gasteiger partial charge in [-0.2, -0.15) is 0 Å². The largest absolute Gasteiger partial charge is 0.269 e. The molecular weight excluding hydrogens is 127 g/mol. The Morgan fingerprint density at radius 2 is 1.80 bits per heavy atom. The van der Waals surface area contributed by atoms with Crippen molar-refractivity contribution in [3.8, 4) is 0 Å². The van der Waals surface area contributed by atoms with E-state index in [0.29, 0.717) is 0 Å².